The molecule has 140 valence electrons. The van der Waals surface area contributed by atoms with Gasteiger partial charge in [-0.2, -0.15) is 5.10 Å². The van der Waals surface area contributed by atoms with Crippen LogP contribution in [0.2, 0.25) is 5.02 Å². The largest absolute Gasteiger partial charge is 0.318 e. The van der Waals surface area contributed by atoms with Crippen LogP contribution in [0.1, 0.15) is 34.9 Å². The minimum absolute atomic E-state index is 0.231. The lowest BCUT2D eigenvalue weighted by molar-refractivity contribution is -0.107. The number of hydrogen-bond acceptors (Lipinski definition) is 5. The van der Waals surface area contributed by atoms with Crippen molar-refractivity contribution in [3.05, 3.63) is 50.9 Å². The number of amidine groups is 1. The number of carbonyl (C=O) groups is 1. The molecule has 3 rings (SSSR count). The van der Waals surface area contributed by atoms with Crippen molar-refractivity contribution >= 4 is 52.5 Å². The van der Waals surface area contributed by atoms with Crippen molar-refractivity contribution in [2.75, 3.05) is 11.4 Å². The number of benzene rings is 1. The number of aldehydes is 1. The summed E-state index contributed by atoms with van der Waals surface area (Å²) in [5, 5.41) is 9.73. The minimum atomic E-state index is -0.419. The predicted octanol–water partition coefficient (Wildman–Crippen LogP) is 4.67. The molecule has 0 radical (unpaired) electrons. The highest BCUT2D eigenvalue weighted by Crippen LogP contribution is 2.40. The monoisotopic (exact) mass is 400 g/mol. The van der Waals surface area contributed by atoms with E-state index in [0.29, 0.717) is 17.4 Å². The van der Waals surface area contributed by atoms with Crippen LogP contribution in [0.5, 0.6) is 0 Å². The standard InChI is InChI=1S/C20H21ClN4OS/c1-5-25-19(24-22-4)16(10-11-26)23-18(14-6-8-15(21)9-7-14)17-12(2)13(3)27-20(17)25/h6-9,11,16H,4-5,10H2,1-3H3/b24-19-/t16-/m0/s1. The van der Waals surface area contributed by atoms with Gasteiger partial charge in [0.05, 0.1) is 5.71 Å². The second-order valence-electron chi connectivity index (χ2n) is 6.21. The smallest absolute Gasteiger partial charge is 0.157 e. The van der Waals surface area contributed by atoms with Crippen molar-refractivity contribution in [2.45, 2.75) is 33.2 Å². The number of rotatable bonds is 5. The van der Waals surface area contributed by atoms with Gasteiger partial charge < -0.3 is 9.69 Å². The molecule has 7 heteroatoms. The lowest BCUT2D eigenvalue weighted by Crippen LogP contribution is -2.37. The third-order valence-electron chi connectivity index (χ3n) is 4.63. The Morgan fingerprint density at radius 2 is 2.04 bits per heavy atom. The summed E-state index contributed by atoms with van der Waals surface area (Å²) in [6.07, 6.45) is 1.10. The zero-order chi connectivity index (χ0) is 19.6. The normalized spacial score (nSPS) is 18.1. The molecule has 0 N–H and O–H groups in total. The van der Waals surface area contributed by atoms with Gasteiger partial charge in [0.15, 0.2) is 5.84 Å². The van der Waals surface area contributed by atoms with Crippen LogP contribution >= 0.6 is 22.9 Å². The van der Waals surface area contributed by atoms with Gasteiger partial charge >= 0.3 is 0 Å². The quantitative estimate of drug-likeness (QED) is 0.416. The summed E-state index contributed by atoms with van der Waals surface area (Å²) in [5.41, 5.74) is 4.07. The number of nitrogens with zero attached hydrogens (tertiary/aromatic N) is 4. The third kappa shape index (κ3) is 3.59. The van der Waals surface area contributed by atoms with Crippen LogP contribution in [0.3, 0.4) is 0 Å². The predicted molar refractivity (Wildman–Crippen MR) is 115 cm³/mol. The molecule has 5 nitrogen and oxygen atoms in total. The molecule has 1 aliphatic rings. The Balaban J connectivity index is 2.33. The van der Waals surface area contributed by atoms with Crippen molar-refractivity contribution in [1.29, 1.82) is 0 Å². The average molecular weight is 401 g/mol. The third-order valence-corrected chi connectivity index (χ3v) is 6.12. The lowest BCUT2D eigenvalue weighted by atomic mass is 10.00. The molecule has 27 heavy (non-hydrogen) atoms. The van der Waals surface area contributed by atoms with E-state index in [-0.39, 0.29) is 6.42 Å². The summed E-state index contributed by atoms with van der Waals surface area (Å²) in [5.74, 6) is 0.645. The number of thiophene rings is 1. The second kappa shape index (κ2) is 8.15. The van der Waals surface area contributed by atoms with Gasteiger partial charge in [-0.05, 0) is 38.5 Å². The van der Waals surface area contributed by atoms with Crippen molar-refractivity contribution in [3.8, 4) is 0 Å². The summed E-state index contributed by atoms with van der Waals surface area (Å²) in [7, 11) is 0. The number of carbonyl (C=O) groups excluding carboxylic acids is 1. The molecule has 0 saturated carbocycles. The number of likely N-dealkylation sites (N-methyl/N-ethyl adjacent to an activating group) is 1. The zero-order valence-electron chi connectivity index (χ0n) is 15.6. The highest BCUT2D eigenvalue weighted by molar-refractivity contribution is 7.17. The topological polar surface area (TPSA) is 57.4 Å². The first-order chi connectivity index (χ1) is 13.0. The van der Waals surface area contributed by atoms with Crippen molar-refractivity contribution in [2.24, 2.45) is 15.2 Å². The first-order valence-corrected chi connectivity index (χ1v) is 9.90. The second-order valence-corrected chi connectivity index (χ2v) is 7.85. The maximum atomic E-state index is 11.3. The molecule has 0 amide bonds. The molecule has 0 unspecified atom stereocenters. The molecule has 0 fully saturated rings. The van der Waals surface area contributed by atoms with Gasteiger partial charge in [-0.1, -0.05) is 23.7 Å². The fourth-order valence-electron chi connectivity index (χ4n) is 3.21. The van der Waals surface area contributed by atoms with Crippen LogP contribution in [-0.4, -0.2) is 37.1 Å². The van der Waals surface area contributed by atoms with Gasteiger partial charge in [0.2, 0.25) is 0 Å². The van der Waals surface area contributed by atoms with E-state index in [1.807, 2.05) is 24.3 Å². The number of aliphatic imine (C=N–C) groups is 1. The van der Waals surface area contributed by atoms with Gasteiger partial charge in [-0.3, -0.25) is 4.99 Å². The molecule has 1 aliphatic heterocycles. The minimum Gasteiger partial charge on any atom is -0.318 e. The van der Waals surface area contributed by atoms with Crippen LogP contribution < -0.4 is 4.90 Å². The molecule has 1 aromatic heterocycles. The average Bonchev–Trinajstić information content (AvgIpc) is 2.87. The van der Waals surface area contributed by atoms with E-state index >= 15 is 0 Å². The molecule has 2 heterocycles. The molecule has 0 saturated heterocycles. The van der Waals surface area contributed by atoms with E-state index < -0.39 is 6.04 Å². The Hall–Kier alpha value is -2.31. The molecule has 0 aliphatic carbocycles. The fraction of sp³-hybridized carbons (Fsp3) is 0.300. The van der Waals surface area contributed by atoms with E-state index in [1.165, 1.54) is 10.4 Å². The van der Waals surface area contributed by atoms with Crippen LogP contribution in [0.4, 0.5) is 5.00 Å². The highest BCUT2D eigenvalue weighted by Gasteiger charge is 2.32. The Morgan fingerprint density at radius 3 is 2.63 bits per heavy atom. The molecular weight excluding hydrogens is 380 g/mol. The van der Waals surface area contributed by atoms with Gasteiger partial charge in [0.25, 0.3) is 0 Å². The van der Waals surface area contributed by atoms with Gasteiger partial charge in [-0.15, -0.1) is 16.4 Å². The first-order valence-electron chi connectivity index (χ1n) is 8.70. The van der Waals surface area contributed by atoms with Crippen molar-refractivity contribution in [3.63, 3.8) is 0 Å². The van der Waals surface area contributed by atoms with E-state index in [0.717, 1.165) is 28.1 Å². The number of fused-ring (bicyclic) bond motifs is 1. The molecule has 2 aromatic rings. The molecular formula is C20H21ClN4OS. The maximum absolute atomic E-state index is 11.3. The van der Waals surface area contributed by atoms with Gasteiger partial charge in [0, 0.05) is 40.7 Å². The summed E-state index contributed by atoms with van der Waals surface area (Å²) in [4.78, 5) is 19.6. The van der Waals surface area contributed by atoms with E-state index in [2.05, 4.69) is 42.6 Å². The molecule has 0 spiro atoms. The summed E-state index contributed by atoms with van der Waals surface area (Å²) >= 11 is 7.78. The Kier molecular flexibility index (Phi) is 5.87. The van der Waals surface area contributed by atoms with Crippen molar-refractivity contribution < 1.29 is 4.79 Å². The molecule has 1 aromatic carbocycles. The van der Waals surface area contributed by atoms with Crippen LogP contribution in [0.25, 0.3) is 0 Å². The summed E-state index contributed by atoms with van der Waals surface area (Å²) in [6, 6.07) is 7.20. The Bertz CT molecular complexity index is 930. The molecule has 1 atom stereocenters. The van der Waals surface area contributed by atoms with Gasteiger partial charge in [0.1, 0.15) is 17.3 Å². The van der Waals surface area contributed by atoms with E-state index in [4.69, 9.17) is 16.6 Å². The number of halogens is 1. The van der Waals surface area contributed by atoms with Gasteiger partial charge in [-0.25, -0.2) is 0 Å². The van der Waals surface area contributed by atoms with Crippen LogP contribution in [-0.2, 0) is 4.79 Å². The highest BCUT2D eigenvalue weighted by atomic mass is 35.5. The summed E-state index contributed by atoms with van der Waals surface area (Å²) < 4.78 is 0. The van der Waals surface area contributed by atoms with Crippen LogP contribution in [0, 0.1) is 13.8 Å². The first kappa shape index (κ1) is 19.5. The Morgan fingerprint density at radius 1 is 1.33 bits per heavy atom. The fourth-order valence-corrected chi connectivity index (χ4v) is 4.57. The van der Waals surface area contributed by atoms with E-state index in [9.17, 15) is 4.79 Å². The maximum Gasteiger partial charge on any atom is 0.157 e. The Labute approximate surface area is 168 Å². The number of aryl methyl sites for hydroxylation is 1. The van der Waals surface area contributed by atoms with Crippen molar-refractivity contribution in [1.82, 2.24) is 0 Å². The van der Waals surface area contributed by atoms with Crippen LogP contribution in [0.15, 0.2) is 39.5 Å². The summed E-state index contributed by atoms with van der Waals surface area (Å²) in [6.45, 7) is 10.5. The number of anilines is 1. The zero-order valence-corrected chi connectivity index (χ0v) is 17.1. The number of hydrogen-bond donors (Lipinski definition) is 0. The lowest BCUT2D eigenvalue weighted by Gasteiger charge is -2.24. The van der Waals surface area contributed by atoms with E-state index in [1.54, 1.807) is 11.3 Å². The SMILES string of the molecule is C=N/N=C1/[C@H](CC=O)N=C(c2ccc(Cl)cc2)c2c(sc(C)c2C)N1CC. The molecule has 0 bridgehead atoms.